The second kappa shape index (κ2) is 5.66. The number of sulfonamides is 1. The molecule has 8 heteroatoms. The summed E-state index contributed by atoms with van der Waals surface area (Å²) in [6.07, 6.45) is 0.776. The summed E-state index contributed by atoms with van der Waals surface area (Å²) in [6, 6.07) is 0. The average Bonchev–Trinajstić information content (AvgIpc) is 2.10. The first-order chi connectivity index (χ1) is 6.74. The first-order valence-corrected chi connectivity index (χ1v) is 5.89. The largest absolute Gasteiger partial charge is 0.511 e. The predicted molar refractivity (Wildman–Crippen MR) is 48.5 cm³/mol. The standard InChI is InChI=1S/C7H14F3NO3S/c1-2-6(3-4-12)5-11-15(13,14)7(8,9)10/h6,11-12H,2-5H2,1H3. The van der Waals surface area contributed by atoms with Crippen LogP contribution in [0.3, 0.4) is 0 Å². The molecule has 0 rings (SSSR count). The molecule has 0 bridgehead atoms. The summed E-state index contributed by atoms with van der Waals surface area (Å²) in [6.45, 7) is 1.23. The van der Waals surface area contributed by atoms with E-state index in [9.17, 15) is 21.6 Å². The summed E-state index contributed by atoms with van der Waals surface area (Å²) >= 11 is 0. The highest BCUT2D eigenvalue weighted by Gasteiger charge is 2.45. The van der Waals surface area contributed by atoms with Crippen molar-refractivity contribution in [2.24, 2.45) is 5.92 Å². The molecule has 0 aromatic carbocycles. The van der Waals surface area contributed by atoms with Gasteiger partial charge in [-0.3, -0.25) is 0 Å². The van der Waals surface area contributed by atoms with Gasteiger partial charge in [0.1, 0.15) is 0 Å². The molecular formula is C7H14F3NO3S. The summed E-state index contributed by atoms with van der Waals surface area (Å²) in [5, 5.41) is 8.56. The Bertz CT molecular complexity index is 276. The van der Waals surface area contributed by atoms with Gasteiger partial charge in [0.2, 0.25) is 0 Å². The van der Waals surface area contributed by atoms with E-state index in [0.29, 0.717) is 6.42 Å². The van der Waals surface area contributed by atoms with E-state index in [-0.39, 0.29) is 25.5 Å². The van der Waals surface area contributed by atoms with Gasteiger partial charge in [-0.25, -0.2) is 13.1 Å². The van der Waals surface area contributed by atoms with E-state index >= 15 is 0 Å². The number of nitrogens with one attached hydrogen (secondary N) is 1. The maximum absolute atomic E-state index is 11.9. The number of hydrogen-bond acceptors (Lipinski definition) is 3. The Morgan fingerprint density at radius 2 is 1.93 bits per heavy atom. The number of hydrogen-bond donors (Lipinski definition) is 2. The number of rotatable bonds is 6. The van der Waals surface area contributed by atoms with E-state index in [2.05, 4.69) is 0 Å². The van der Waals surface area contributed by atoms with Gasteiger partial charge in [0.15, 0.2) is 0 Å². The molecule has 0 saturated heterocycles. The quantitative estimate of drug-likeness (QED) is 0.733. The summed E-state index contributed by atoms with van der Waals surface area (Å²) < 4.78 is 58.2. The summed E-state index contributed by atoms with van der Waals surface area (Å²) in [5.41, 5.74) is -5.27. The lowest BCUT2D eigenvalue weighted by molar-refractivity contribution is -0.0448. The van der Waals surface area contributed by atoms with Crippen LogP contribution in [0.2, 0.25) is 0 Å². The van der Waals surface area contributed by atoms with Crippen molar-refractivity contribution >= 4 is 10.0 Å². The van der Waals surface area contributed by atoms with Crippen LogP contribution in [-0.2, 0) is 10.0 Å². The van der Waals surface area contributed by atoms with Gasteiger partial charge in [0, 0.05) is 13.2 Å². The molecule has 0 fully saturated rings. The summed E-state index contributed by atoms with van der Waals surface area (Å²) in [7, 11) is -5.25. The van der Waals surface area contributed by atoms with Gasteiger partial charge < -0.3 is 5.11 Å². The molecule has 0 spiro atoms. The van der Waals surface area contributed by atoms with Gasteiger partial charge in [-0.2, -0.15) is 13.2 Å². The highest BCUT2D eigenvalue weighted by Crippen LogP contribution is 2.22. The van der Waals surface area contributed by atoms with Crippen molar-refractivity contribution in [2.75, 3.05) is 13.2 Å². The van der Waals surface area contributed by atoms with E-state index < -0.39 is 15.5 Å². The number of alkyl halides is 3. The highest BCUT2D eigenvalue weighted by atomic mass is 32.2. The molecule has 0 aromatic rings. The maximum Gasteiger partial charge on any atom is 0.511 e. The Hall–Kier alpha value is -0.340. The number of aliphatic hydroxyl groups excluding tert-OH is 1. The molecule has 1 atom stereocenters. The Balaban J connectivity index is 4.26. The second-order valence-electron chi connectivity index (χ2n) is 3.08. The normalized spacial score (nSPS) is 15.3. The van der Waals surface area contributed by atoms with Crippen molar-refractivity contribution in [1.82, 2.24) is 4.72 Å². The van der Waals surface area contributed by atoms with Crippen molar-refractivity contribution in [1.29, 1.82) is 0 Å². The molecule has 0 aliphatic rings. The molecule has 0 amide bonds. The molecule has 0 aliphatic carbocycles. The lowest BCUT2D eigenvalue weighted by atomic mass is 10.0. The van der Waals surface area contributed by atoms with Gasteiger partial charge in [-0.05, 0) is 12.3 Å². The molecule has 0 radical (unpaired) electrons. The first kappa shape index (κ1) is 14.7. The molecule has 0 heterocycles. The van der Waals surface area contributed by atoms with Crippen LogP contribution in [0.4, 0.5) is 13.2 Å². The summed E-state index contributed by atoms with van der Waals surface area (Å²) in [5.74, 6) is -0.285. The minimum absolute atomic E-state index is 0.174. The van der Waals surface area contributed by atoms with Gasteiger partial charge in [0.05, 0.1) is 0 Å². The molecule has 2 N–H and O–H groups in total. The van der Waals surface area contributed by atoms with Crippen LogP contribution in [0.1, 0.15) is 19.8 Å². The topological polar surface area (TPSA) is 66.4 Å². The highest BCUT2D eigenvalue weighted by molar-refractivity contribution is 7.90. The molecule has 92 valence electrons. The average molecular weight is 249 g/mol. The lowest BCUT2D eigenvalue weighted by Crippen LogP contribution is -2.39. The monoisotopic (exact) mass is 249 g/mol. The third-order valence-corrected chi connectivity index (χ3v) is 3.14. The van der Waals surface area contributed by atoms with Gasteiger partial charge >= 0.3 is 15.5 Å². The fourth-order valence-electron chi connectivity index (χ4n) is 0.942. The molecular weight excluding hydrogens is 235 g/mol. The minimum Gasteiger partial charge on any atom is -0.396 e. The zero-order valence-corrected chi connectivity index (χ0v) is 9.03. The van der Waals surface area contributed by atoms with Crippen LogP contribution in [-0.4, -0.2) is 32.2 Å². The molecule has 1 unspecified atom stereocenters. The molecule has 4 nitrogen and oxygen atoms in total. The van der Waals surface area contributed by atoms with E-state index in [1.165, 1.54) is 4.72 Å². The zero-order chi connectivity index (χ0) is 12.1. The zero-order valence-electron chi connectivity index (χ0n) is 8.21. The fourth-order valence-corrected chi connectivity index (χ4v) is 1.56. The third-order valence-electron chi connectivity index (χ3n) is 1.98. The van der Waals surface area contributed by atoms with E-state index in [0.717, 1.165) is 0 Å². The maximum atomic E-state index is 11.9. The smallest absolute Gasteiger partial charge is 0.396 e. The van der Waals surface area contributed by atoms with Crippen molar-refractivity contribution in [3.63, 3.8) is 0 Å². The lowest BCUT2D eigenvalue weighted by Gasteiger charge is -2.15. The van der Waals surface area contributed by atoms with Crippen molar-refractivity contribution in [2.45, 2.75) is 25.3 Å². The van der Waals surface area contributed by atoms with E-state index in [1.54, 1.807) is 6.92 Å². The Labute approximate surface area is 86.5 Å². The van der Waals surface area contributed by atoms with Gasteiger partial charge in [-0.15, -0.1) is 0 Å². The Morgan fingerprint density at radius 1 is 1.40 bits per heavy atom. The van der Waals surface area contributed by atoms with Crippen LogP contribution in [0.25, 0.3) is 0 Å². The van der Waals surface area contributed by atoms with E-state index in [4.69, 9.17) is 5.11 Å². The minimum atomic E-state index is -5.27. The first-order valence-electron chi connectivity index (χ1n) is 4.41. The fraction of sp³-hybridized carbons (Fsp3) is 1.00. The molecule has 0 aliphatic heterocycles. The number of aliphatic hydroxyl groups is 1. The van der Waals surface area contributed by atoms with Crippen LogP contribution in [0.15, 0.2) is 0 Å². The van der Waals surface area contributed by atoms with Crippen molar-refractivity contribution in [3.05, 3.63) is 0 Å². The Kier molecular flexibility index (Phi) is 5.54. The van der Waals surface area contributed by atoms with Crippen LogP contribution in [0.5, 0.6) is 0 Å². The Morgan fingerprint density at radius 3 is 2.27 bits per heavy atom. The second-order valence-corrected chi connectivity index (χ2v) is 4.84. The number of halogens is 3. The van der Waals surface area contributed by atoms with Crippen LogP contribution < -0.4 is 4.72 Å². The molecule has 0 aromatic heterocycles. The summed E-state index contributed by atoms with van der Waals surface area (Å²) in [4.78, 5) is 0. The SMILES string of the molecule is CCC(CCO)CNS(=O)(=O)C(F)(F)F. The van der Waals surface area contributed by atoms with Crippen molar-refractivity contribution < 1.29 is 26.7 Å². The van der Waals surface area contributed by atoms with Crippen molar-refractivity contribution in [3.8, 4) is 0 Å². The predicted octanol–water partition coefficient (Wildman–Crippen LogP) is 0.834. The molecule has 15 heavy (non-hydrogen) atoms. The van der Waals surface area contributed by atoms with Gasteiger partial charge in [0.25, 0.3) is 0 Å². The van der Waals surface area contributed by atoms with Crippen LogP contribution in [0, 0.1) is 5.92 Å². The van der Waals surface area contributed by atoms with Crippen LogP contribution >= 0.6 is 0 Å². The van der Waals surface area contributed by atoms with E-state index in [1.807, 2.05) is 0 Å². The van der Waals surface area contributed by atoms with Gasteiger partial charge in [-0.1, -0.05) is 13.3 Å². The third kappa shape index (κ3) is 4.80. The molecule has 0 saturated carbocycles.